The average molecular weight is 1120 g/mol. The van der Waals surface area contributed by atoms with E-state index in [0.29, 0.717) is 99.4 Å². The first-order valence-corrected chi connectivity index (χ1v) is 25.4. The number of piperidine rings is 1. The van der Waals surface area contributed by atoms with Crippen LogP contribution in [0.4, 0.5) is 18.4 Å². The Morgan fingerprint density at radius 2 is 1.27 bits per heavy atom. The maximum atomic E-state index is 13.8. The zero-order valence-electron chi connectivity index (χ0n) is 37.1. The zero-order chi connectivity index (χ0) is 48.8. The van der Waals surface area contributed by atoms with Crippen LogP contribution in [0.2, 0.25) is 10.0 Å². The first-order valence-electron chi connectivity index (χ1n) is 21.8. The van der Waals surface area contributed by atoms with Crippen LogP contribution in [0.25, 0.3) is 0 Å². The fourth-order valence-corrected chi connectivity index (χ4v) is 10.9. The zero-order valence-corrected chi connectivity index (χ0v) is 41.9. The van der Waals surface area contributed by atoms with Crippen molar-refractivity contribution in [3.8, 4) is 0 Å². The van der Waals surface area contributed by atoms with E-state index in [4.69, 9.17) is 37.7 Å². The van der Waals surface area contributed by atoms with Crippen molar-refractivity contribution < 1.29 is 38.9 Å². The van der Waals surface area contributed by atoms with Crippen molar-refractivity contribution in [2.24, 2.45) is 9.98 Å². The van der Waals surface area contributed by atoms with E-state index in [9.17, 15) is 28.0 Å². The molecule has 382 valence electrons. The number of urea groups is 2. The smallest absolute Gasteiger partial charge is 0.338 e. The molecule has 0 bridgehead atoms. The van der Waals surface area contributed by atoms with Crippen LogP contribution in [0.1, 0.15) is 68.8 Å². The number of aromatic nitrogens is 2. The normalized spacial score (nSPS) is 21.4. The Labute approximate surface area is 438 Å². The molecule has 24 heteroatoms. The molecule has 6 aliphatic heterocycles. The van der Waals surface area contributed by atoms with Crippen molar-refractivity contribution in [1.29, 1.82) is 0 Å². The molecular formula is C47H56BrCl2F2N11O6S2. The highest BCUT2D eigenvalue weighted by Gasteiger charge is 2.39. The minimum Gasteiger partial charge on any atom is -0.466 e. The number of piperazine rings is 1. The van der Waals surface area contributed by atoms with Crippen LogP contribution in [0.3, 0.4) is 0 Å². The third-order valence-electron chi connectivity index (χ3n) is 12.1. The molecule has 2 aromatic carbocycles. The molecule has 0 aliphatic carbocycles. The molecule has 4 atom stereocenters. The number of hydrogen-bond donors (Lipinski definition) is 4. The quantitative estimate of drug-likeness (QED) is 0.0935. The molecule has 4 aromatic rings. The van der Waals surface area contributed by atoms with Crippen LogP contribution in [0, 0.1) is 11.6 Å². The fourth-order valence-electron chi connectivity index (χ4n) is 8.74. The van der Waals surface area contributed by atoms with E-state index in [1.807, 2.05) is 20.6 Å². The average Bonchev–Trinajstić information content (AvgIpc) is 4.21. The number of rotatable bonds is 9. The lowest BCUT2D eigenvalue weighted by molar-refractivity contribution is -0.137. The van der Waals surface area contributed by atoms with Gasteiger partial charge in [0.15, 0.2) is 21.7 Å². The number of nitrogens with zero attached hydrogens (tertiary/aromatic N) is 7. The standard InChI is InChI=1S/C22H22ClFN6O3S.C16H12BrClFN3O2S.C7H12N2O.2CH4.H2/c1-33-21(31)17-16(11-29-5-6-30-13(10-29)9-26-22(30)32)27-19(20-25-4-7-34-20)28-18(17)14-3-2-12(24)8-15(14)23;1-24-16(23)12-11(7-17)21-14(15-20-4-5-25-15)22-13(12)9-3-2-8(19)6-10(9)18;10-7-8-5-6-3-1-2-4-9(6)7;;;/h2-4,7-8,13,18H,5-6,9-11H2,1H3,(H,26,32)(H,27,28);2-6,13H,7H2,1H3,(H,21,22);6H,1-5H2,(H,8,10);2*1H4;1H/t13-,18+;13-;6-;;;/m100.../s1. The topological polar surface area (TPSA) is 195 Å². The molecule has 0 saturated carbocycles. The molecule has 8 heterocycles. The Morgan fingerprint density at radius 1 is 0.761 bits per heavy atom. The first kappa shape index (κ1) is 54.8. The maximum absolute atomic E-state index is 13.8. The van der Waals surface area contributed by atoms with Gasteiger partial charge in [-0.1, -0.05) is 66.1 Å². The van der Waals surface area contributed by atoms with Gasteiger partial charge in [0.25, 0.3) is 0 Å². The van der Waals surface area contributed by atoms with Crippen molar-refractivity contribution in [3.05, 3.63) is 125 Å². The number of esters is 2. The number of carbonyl (C=O) groups excluding carboxylic acids is 4. The minimum absolute atomic E-state index is 0. The van der Waals surface area contributed by atoms with Crippen LogP contribution in [0.15, 0.2) is 92.1 Å². The molecule has 6 aliphatic rings. The van der Waals surface area contributed by atoms with Crippen LogP contribution in [-0.2, 0) is 19.1 Å². The number of nitrogens with one attached hydrogen (secondary N) is 4. The van der Waals surface area contributed by atoms with Crippen molar-refractivity contribution in [2.45, 2.75) is 58.3 Å². The molecule has 0 spiro atoms. The number of amides is 4. The van der Waals surface area contributed by atoms with E-state index in [1.54, 1.807) is 12.4 Å². The summed E-state index contributed by atoms with van der Waals surface area (Å²) in [6, 6.07) is 7.18. The van der Waals surface area contributed by atoms with E-state index >= 15 is 0 Å². The molecule has 17 nitrogen and oxygen atoms in total. The number of halogens is 5. The van der Waals surface area contributed by atoms with Gasteiger partial charge in [0, 0.05) is 108 Å². The number of methoxy groups -OCH3 is 2. The van der Waals surface area contributed by atoms with Crippen LogP contribution >= 0.6 is 61.8 Å². The van der Waals surface area contributed by atoms with Crippen molar-refractivity contribution in [3.63, 3.8) is 0 Å². The number of hydrogen-bond acceptors (Lipinski definition) is 15. The summed E-state index contributed by atoms with van der Waals surface area (Å²) in [4.78, 5) is 72.3. The van der Waals surface area contributed by atoms with Crippen LogP contribution < -0.4 is 21.3 Å². The summed E-state index contributed by atoms with van der Waals surface area (Å²) in [5.41, 5.74) is 2.83. The predicted molar refractivity (Wildman–Crippen MR) is 277 cm³/mol. The second-order valence-corrected chi connectivity index (χ2v) is 19.4. The van der Waals surface area contributed by atoms with Gasteiger partial charge >= 0.3 is 24.0 Å². The molecule has 0 unspecified atom stereocenters. The largest absolute Gasteiger partial charge is 0.466 e. The van der Waals surface area contributed by atoms with E-state index < -0.39 is 35.7 Å². The third kappa shape index (κ3) is 12.4. The summed E-state index contributed by atoms with van der Waals surface area (Å²) in [6.45, 7) is 4.74. The summed E-state index contributed by atoms with van der Waals surface area (Å²) in [7, 11) is 2.61. The maximum Gasteiger partial charge on any atom is 0.338 e. The van der Waals surface area contributed by atoms with E-state index in [1.165, 1.54) is 92.6 Å². The second kappa shape index (κ2) is 24.7. The SMILES string of the molecule is C.C.COC(=O)C1=C(CBr)NC(c2nccs2)=N[C@H]1c1ccc(F)cc1Cl.COC(=O)C1=C(CN2CCN3C(=O)NC[C@@H]3C2)NC(c2nccs2)=N[C@H]1c1ccc(F)cc1Cl.O=C1NC[C@@H]2CCCCN12.[HH]. The summed E-state index contributed by atoms with van der Waals surface area (Å²) < 4.78 is 37.2. The van der Waals surface area contributed by atoms with Gasteiger partial charge in [-0.15, -0.1) is 22.7 Å². The second-order valence-electron chi connectivity index (χ2n) is 16.2. The monoisotopic (exact) mass is 1120 g/mol. The summed E-state index contributed by atoms with van der Waals surface area (Å²) in [6.07, 6.45) is 7.00. The van der Waals surface area contributed by atoms with E-state index in [0.717, 1.165) is 13.1 Å². The Morgan fingerprint density at radius 3 is 1.75 bits per heavy atom. The molecule has 4 amide bonds. The molecular weight excluding hydrogens is 1070 g/mol. The number of allylic oxidation sites excluding steroid dienone is 1. The predicted octanol–water partition coefficient (Wildman–Crippen LogP) is 8.09. The number of amidine groups is 2. The molecule has 10 rings (SSSR count). The molecule has 71 heavy (non-hydrogen) atoms. The Hall–Kier alpha value is -5.52. The highest BCUT2D eigenvalue weighted by atomic mass is 79.9. The van der Waals surface area contributed by atoms with Gasteiger partial charge in [-0.05, 0) is 43.5 Å². The number of aliphatic imine (C=N–C) groups is 2. The summed E-state index contributed by atoms with van der Waals surface area (Å²) in [5.74, 6) is -1.01. The molecule has 4 fully saturated rings. The first-order chi connectivity index (χ1) is 33.4. The lowest BCUT2D eigenvalue weighted by Gasteiger charge is -2.38. The highest BCUT2D eigenvalue weighted by Crippen LogP contribution is 2.39. The van der Waals surface area contributed by atoms with Crippen molar-refractivity contribution in [2.75, 3.05) is 65.4 Å². The van der Waals surface area contributed by atoms with Gasteiger partial charge < -0.3 is 40.5 Å². The van der Waals surface area contributed by atoms with Crippen molar-refractivity contribution in [1.82, 2.24) is 45.9 Å². The number of carbonyl (C=O) groups is 4. The Kier molecular flexibility index (Phi) is 19.1. The molecule has 4 saturated heterocycles. The molecule has 4 N–H and O–H groups in total. The fraction of sp³-hybridized carbons (Fsp3) is 0.404. The summed E-state index contributed by atoms with van der Waals surface area (Å²) in [5, 5.41) is 17.8. The van der Waals surface area contributed by atoms with E-state index in [-0.39, 0.29) is 44.4 Å². The summed E-state index contributed by atoms with van der Waals surface area (Å²) >= 11 is 18.8. The third-order valence-corrected chi connectivity index (χ3v) is 14.8. The molecule has 2 aromatic heterocycles. The number of fused-ring (bicyclic) bond motifs is 2. The van der Waals surface area contributed by atoms with Gasteiger partial charge in [0.05, 0.1) is 37.4 Å². The van der Waals surface area contributed by atoms with Gasteiger partial charge in [0.2, 0.25) is 0 Å². The molecule has 0 radical (unpaired) electrons. The Balaban J connectivity index is 0.000000222. The van der Waals surface area contributed by atoms with Gasteiger partial charge in [-0.2, -0.15) is 0 Å². The van der Waals surface area contributed by atoms with Gasteiger partial charge in [0.1, 0.15) is 23.7 Å². The Bertz CT molecular complexity index is 2720. The number of benzene rings is 2. The van der Waals surface area contributed by atoms with Crippen molar-refractivity contribution >= 4 is 97.5 Å². The minimum atomic E-state index is -0.799. The van der Waals surface area contributed by atoms with Gasteiger partial charge in [-0.25, -0.2) is 37.9 Å². The van der Waals surface area contributed by atoms with Gasteiger partial charge in [-0.3, -0.25) is 14.9 Å². The number of alkyl halides is 1. The van der Waals surface area contributed by atoms with Crippen LogP contribution in [-0.4, -0.2) is 138 Å². The number of thiazole rings is 2. The highest BCUT2D eigenvalue weighted by molar-refractivity contribution is 9.09. The lowest BCUT2D eigenvalue weighted by Crippen LogP contribution is -2.53. The van der Waals surface area contributed by atoms with E-state index in [2.05, 4.69) is 57.1 Å². The van der Waals surface area contributed by atoms with Crippen LogP contribution in [0.5, 0.6) is 0 Å². The lowest BCUT2D eigenvalue weighted by atomic mass is 9.95. The number of ether oxygens (including phenoxy) is 2.